The maximum absolute atomic E-state index is 13.2. The molecule has 20 heavy (non-hydrogen) atoms. The van der Waals surface area contributed by atoms with Gasteiger partial charge in [0, 0.05) is 37.9 Å². The summed E-state index contributed by atoms with van der Waals surface area (Å²) in [5, 5.41) is 2.76. The molecule has 2 rings (SSSR count). The summed E-state index contributed by atoms with van der Waals surface area (Å²) in [6, 6.07) is 4.49. The third-order valence-corrected chi connectivity index (χ3v) is 3.23. The van der Waals surface area contributed by atoms with Gasteiger partial charge in [-0.2, -0.15) is 0 Å². The summed E-state index contributed by atoms with van der Waals surface area (Å²) in [7, 11) is 0. The summed E-state index contributed by atoms with van der Waals surface area (Å²) in [6.07, 6.45) is 0.958. The van der Waals surface area contributed by atoms with Crippen LogP contribution in [0.4, 0.5) is 4.39 Å². The lowest BCUT2D eigenvalue weighted by Gasteiger charge is -2.08. The van der Waals surface area contributed by atoms with Crippen LogP contribution in [0.5, 0.6) is 0 Å². The van der Waals surface area contributed by atoms with Crippen LogP contribution in [0.1, 0.15) is 19.2 Å². The monoisotopic (exact) mass is 297 g/mol. The summed E-state index contributed by atoms with van der Waals surface area (Å²) in [5.41, 5.74) is 1.43. The van der Waals surface area contributed by atoms with Gasteiger partial charge in [-0.25, -0.2) is 9.37 Å². The molecule has 1 amide bonds. The molecular formula is C14H17ClFN3O. The van der Waals surface area contributed by atoms with Crippen molar-refractivity contribution >= 4 is 28.5 Å². The quantitative estimate of drug-likeness (QED) is 0.833. The second-order valence-corrected chi connectivity index (χ2v) is 4.83. The van der Waals surface area contributed by atoms with E-state index in [0.717, 1.165) is 11.3 Å². The fourth-order valence-electron chi connectivity index (χ4n) is 2.18. The van der Waals surface area contributed by atoms with E-state index in [4.69, 9.17) is 11.6 Å². The van der Waals surface area contributed by atoms with E-state index in [2.05, 4.69) is 10.3 Å². The van der Waals surface area contributed by atoms with Gasteiger partial charge in [0.25, 0.3) is 0 Å². The Kier molecular flexibility index (Phi) is 4.95. The highest BCUT2D eigenvalue weighted by atomic mass is 35.5. The fourth-order valence-corrected chi connectivity index (χ4v) is 2.35. The third kappa shape index (κ3) is 3.28. The Morgan fingerprint density at radius 2 is 2.30 bits per heavy atom. The molecule has 6 heteroatoms. The molecular weight excluding hydrogens is 281 g/mol. The number of nitrogens with one attached hydrogen (secondary N) is 1. The van der Waals surface area contributed by atoms with Crippen molar-refractivity contribution in [3.63, 3.8) is 0 Å². The lowest BCUT2D eigenvalue weighted by molar-refractivity contribution is -0.121. The number of imidazole rings is 1. The molecule has 0 bridgehead atoms. The summed E-state index contributed by atoms with van der Waals surface area (Å²) >= 11 is 5.77. The zero-order valence-electron chi connectivity index (χ0n) is 11.3. The predicted molar refractivity (Wildman–Crippen MR) is 77.4 cm³/mol. The minimum absolute atomic E-state index is 0.00622. The standard InChI is InChI=1S/C14H17ClFN3O/c1-2-17-14(20)6-8-19-12-4-3-10(16)9-11(12)18-13(19)5-7-15/h3-4,9H,2,5-8H2,1H3,(H,17,20). The first-order valence-electron chi connectivity index (χ1n) is 6.63. The summed E-state index contributed by atoms with van der Waals surface area (Å²) in [4.78, 5) is 16.0. The van der Waals surface area contributed by atoms with Crippen molar-refractivity contribution in [3.8, 4) is 0 Å². The number of aromatic nitrogens is 2. The number of hydrogen-bond acceptors (Lipinski definition) is 2. The van der Waals surface area contributed by atoms with Crippen LogP contribution in [0.3, 0.4) is 0 Å². The van der Waals surface area contributed by atoms with Gasteiger partial charge in [-0.15, -0.1) is 11.6 Å². The van der Waals surface area contributed by atoms with E-state index in [1.165, 1.54) is 12.1 Å². The van der Waals surface area contributed by atoms with Crippen molar-refractivity contribution in [1.82, 2.24) is 14.9 Å². The second kappa shape index (κ2) is 6.70. The molecule has 1 aromatic carbocycles. The number of rotatable bonds is 6. The van der Waals surface area contributed by atoms with Gasteiger partial charge in [0.1, 0.15) is 11.6 Å². The highest BCUT2D eigenvalue weighted by molar-refractivity contribution is 6.17. The molecule has 1 heterocycles. The van der Waals surface area contributed by atoms with Gasteiger partial charge in [0.15, 0.2) is 0 Å². The first kappa shape index (κ1) is 14.8. The maximum Gasteiger partial charge on any atom is 0.221 e. The number of aryl methyl sites for hydroxylation is 2. The molecule has 0 aliphatic heterocycles. The zero-order valence-corrected chi connectivity index (χ0v) is 12.1. The van der Waals surface area contributed by atoms with Gasteiger partial charge in [-0.3, -0.25) is 4.79 Å². The molecule has 0 saturated carbocycles. The summed E-state index contributed by atoms with van der Waals surface area (Å²) in [5.74, 6) is 0.897. The number of amides is 1. The molecule has 108 valence electrons. The van der Waals surface area contributed by atoms with Gasteiger partial charge < -0.3 is 9.88 Å². The molecule has 0 unspecified atom stereocenters. The van der Waals surface area contributed by atoms with Crippen molar-refractivity contribution < 1.29 is 9.18 Å². The smallest absolute Gasteiger partial charge is 0.221 e. The van der Waals surface area contributed by atoms with Gasteiger partial charge >= 0.3 is 0 Å². The Morgan fingerprint density at radius 1 is 1.50 bits per heavy atom. The predicted octanol–water partition coefficient (Wildman–Crippen LogP) is 2.48. The van der Waals surface area contributed by atoms with Crippen LogP contribution in [0.2, 0.25) is 0 Å². The van der Waals surface area contributed by atoms with Crippen LogP contribution in [-0.2, 0) is 17.8 Å². The topological polar surface area (TPSA) is 46.9 Å². The molecule has 0 aliphatic rings. The first-order chi connectivity index (χ1) is 9.65. The van der Waals surface area contributed by atoms with E-state index in [1.807, 2.05) is 11.5 Å². The highest BCUT2D eigenvalue weighted by Crippen LogP contribution is 2.18. The normalized spacial score (nSPS) is 10.9. The molecule has 4 nitrogen and oxygen atoms in total. The van der Waals surface area contributed by atoms with Crippen molar-refractivity contribution in [2.75, 3.05) is 12.4 Å². The Morgan fingerprint density at radius 3 is 3.00 bits per heavy atom. The summed E-state index contributed by atoms with van der Waals surface area (Å²) in [6.45, 7) is 3.01. The Balaban J connectivity index is 2.28. The molecule has 0 aliphatic carbocycles. The van der Waals surface area contributed by atoms with Gasteiger partial charge in [0.2, 0.25) is 5.91 Å². The average Bonchev–Trinajstić information content (AvgIpc) is 2.74. The van der Waals surface area contributed by atoms with E-state index < -0.39 is 0 Å². The number of fused-ring (bicyclic) bond motifs is 1. The number of hydrogen-bond donors (Lipinski definition) is 1. The van der Waals surface area contributed by atoms with Crippen LogP contribution in [-0.4, -0.2) is 27.9 Å². The minimum atomic E-state index is -0.316. The van der Waals surface area contributed by atoms with Crippen LogP contribution >= 0.6 is 11.6 Å². The molecule has 0 saturated heterocycles. The lowest BCUT2D eigenvalue weighted by Crippen LogP contribution is -2.24. The maximum atomic E-state index is 13.2. The molecule has 0 spiro atoms. The Labute approximate surface area is 121 Å². The van der Waals surface area contributed by atoms with E-state index in [9.17, 15) is 9.18 Å². The van der Waals surface area contributed by atoms with Crippen molar-refractivity contribution in [2.24, 2.45) is 0 Å². The van der Waals surface area contributed by atoms with Crippen molar-refractivity contribution in [1.29, 1.82) is 0 Å². The van der Waals surface area contributed by atoms with Gasteiger partial charge in [-0.1, -0.05) is 0 Å². The molecule has 2 aromatic rings. The Hall–Kier alpha value is -1.62. The SMILES string of the molecule is CCNC(=O)CCn1c(CCCl)nc2cc(F)ccc21. The zero-order chi connectivity index (χ0) is 14.5. The number of nitrogens with zero attached hydrogens (tertiary/aromatic N) is 2. The first-order valence-corrected chi connectivity index (χ1v) is 7.16. The number of carbonyl (C=O) groups is 1. The van der Waals surface area contributed by atoms with E-state index in [0.29, 0.717) is 37.3 Å². The van der Waals surface area contributed by atoms with E-state index in [1.54, 1.807) is 6.07 Å². The van der Waals surface area contributed by atoms with Crippen molar-refractivity contribution in [3.05, 3.63) is 29.8 Å². The van der Waals surface area contributed by atoms with Crippen LogP contribution in [0.15, 0.2) is 18.2 Å². The van der Waals surface area contributed by atoms with Crippen LogP contribution < -0.4 is 5.32 Å². The minimum Gasteiger partial charge on any atom is -0.356 e. The van der Waals surface area contributed by atoms with Gasteiger partial charge in [-0.05, 0) is 19.1 Å². The Bertz CT molecular complexity index is 612. The average molecular weight is 298 g/mol. The molecule has 0 fully saturated rings. The molecule has 0 atom stereocenters. The van der Waals surface area contributed by atoms with Crippen LogP contribution in [0, 0.1) is 5.82 Å². The van der Waals surface area contributed by atoms with Crippen LogP contribution in [0.25, 0.3) is 11.0 Å². The number of benzene rings is 1. The highest BCUT2D eigenvalue weighted by Gasteiger charge is 2.12. The van der Waals surface area contributed by atoms with E-state index >= 15 is 0 Å². The lowest BCUT2D eigenvalue weighted by atomic mass is 10.3. The molecule has 1 aromatic heterocycles. The van der Waals surface area contributed by atoms with Crippen molar-refractivity contribution in [2.45, 2.75) is 26.3 Å². The number of halogens is 2. The second-order valence-electron chi connectivity index (χ2n) is 4.46. The number of alkyl halides is 1. The number of carbonyl (C=O) groups excluding carboxylic acids is 1. The summed E-state index contributed by atoms with van der Waals surface area (Å²) < 4.78 is 15.2. The van der Waals surface area contributed by atoms with E-state index in [-0.39, 0.29) is 11.7 Å². The third-order valence-electron chi connectivity index (χ3n) is 3.04. The van der Waals surface area contributed by atoms with Gasteiger partial charge in [0.05, 0.1) is 11.0 Å². The molecule has 0 radical (unpaired) electrons. The molecule has 1 N–H and O–H groups in total. The fraction of sp³-hybridized carbons (Fsp3) is 0.429. The largest absolute Gasteiger partial charge is 0.356 e.